The predicted octanol–water partition coefficient (Wildman–Crippen LogP) is 4.54. The molecule has 0 N–H and O–H groups in total. The van der Waals surface area contributed by atoms with E-state index in [-0.39, 0.29) is 0 Å². The Bertz CT molecular complexity index is 515. The summed E-state index contributed by atoms with van der Waals surface area (Å²) in [4.78, 5) is 5.76. The molecule has 0 amide bonds. The molecule has 78 valence electrons. The molecule has 3 aromatic heterocycles. The van der Waals surface area contributed by atoms with Crippen LogP contribution in [0.15, 0.2) is 52.7 Å². The third-order valence-corrected chi connectivity index (χ3v) is 3.98. The lowest BCUT2D eigenvalue weighted by Gasteiger charge is -2.04. The van der Waals surface area contributed by atoms with Crippen LogP contribution in [0.25, 0.3) is 21.7 Å². The maximum absolute atomic E-state index is 4.49. The number of thiophene rings is 2. The first-order valence-corrected chi connectivity index (χ1v) is 6.79. The van der Waals surface area contributed by atoms with E-state index in [1.165, 1.54) is 16.0 Å². The zero-order chi connectivity index (χ0) is 10.8. The van der Waals surface area contributed by atoms with Gasteiger partial charge in [-0.15, -0.1) is 11.3 Å². The van der Waals surface area contributed by atoms with Crippen molar-refractivity contribution in [3.63, 3.8) is 0 Å². The molecule has 3 heterocycles. The Kier molecular flexibility index (Phi) is 2.56. The zero-order valence-electron chi connectivity index (χ0n) is 8.46. The second kappa shape index (κ2) is 4.20. The van der Waals surface area contributed by atoms with E-state index in [1.54, 1.807) is 22.7 Å². The molecule has 3 heteroatoms. The molecule has 1 nitrogen and oxygen atoms in total. The highest BCUT2D eigenvalue weighted by atomic mass is 32.1. The molecule has 16 heavy (non-hydrogen) atoms. The number of aromatic nitrogens is 1. The number of hydrogen-bond acceptors (Lipinski definition) is 3. The van der Waals surface area contributed by atoms with Gasteiger partial charge in [0, 0.05) is 27.6 Å². The van der Waals surface area contributed by atoms with Gasteiger partial charge >= 0.3 is 0 Å². The van der Waals surface area contributed by atoms with Crippen molar-refractivity contribution in [1.29, 1.82) is 0 Å². The van der Waals surface area contributed by atoms with Crippen LogP contribution >= 0.6 is 22.7 Å². The standard InChI is InChI=1S/C13H9NS2/c1-3-11(12-4-2-7-16-12)13(14-6-1)10-5-8-15-9-10/h1-9H. The number of rotatable bonds is 2. The van der Waals surface area contributed by atoms with E-state index in [4.69, 9.17) is 0 Å². The summed E-state index contributed by atoms with van der Waals surface area (Å²) in [6.45, 7) is 0. The van der Waals surface area contributed by atoms with Gasteiger partial charge in [-0.2, -0.15) is 11.3 Å². The number of hydrogen-bond donors (Lipinski definition) is 0. The SMILES string of the molecule is c1csc(-c2cccnc2-c2ccsc2)c1. The Morgan fingerprint density at radius 2 is 2.00 bits per heavy atom. The van der Waals surface area contributed by atoms with Crippen LogP contribution in [-0.4, -0.2) is 4.98 Å². The molecule has 0 fully saturated rings. The van der Waals surface area contributed by atoms with Crippen molar-refractivity contribution in [3.05, 3.63) is 52.7 Å². The van der Waals surface area contributed by atoms with Gasteiger partial charge < -0.3 is 0 Å². The van der Waals surface area contributed by atoms with Gasteiger partial charge in [-0.25, -0.2) is 0 Å². The van der Waals surface area contributed by atoms with Gasteiger partial charge in [-0.05, 0) is 35.0 Å². The van der Waals surface area contributed by atoms with Crippen LogP contribution < -0.4 is 0 Å². The highest BCUT2D eigenvalue weighted by Gasteiger charge is 2.08. The lowest BCUT2D eigenvalue weighted by Crippen LogP contribution is -1.84. The molecule has 3 rings (SSSR count). The Labute approximate surface area is 102 Å². The molecule has 0 aliphatic carbocycles. The summed E-state index contributed by atoms with van der Waals surface area (Å²) in [5.74, 6) is 0. The minimum Gasteiger partial charge on any atom is -0.256 e. The Balaban J connectivity index is 2.19. The van der Waals surface area contributed by atoms with Crippen LogP contribution in [0.4, 0.5) is 0 Å². The molecular formula is C13H9NS2. The third-order valence-electron chi connectivity index (χ3n) is 2.39. The Morgan fingerprint density at radius 1 is 1.00 bits per heavy atom. The first-order valence-electron chi connectivity index (χ1n) is 4.96. The average molecular weight is 243 g/mol. The van der Waals surface area contributed by atoms with E-state index >= 15 is 0 Å². The largest absolute Gasteiger partial charge is 0.256 e. The molecule has 3 aromatic rings. The quantitative estimate of drug-likeness (QED) is 0.644. The van der Waals surface area contributed by atoms with Gasteiger partial charge in [0.25, 0.3) is 0 Å². The van der Waals surface area contributed by atoms with Crippen LogP contribution in [-0.2, 0) is 0 Å². The Hall–Kier alpha value is -1.45. The average Bonchev–Trinajstić information content (AvgIpc) is 3.03. The van der Waals surface area contributed by atoms with Crippen LogP contribution in [0.1, 0.15) is 0 Å². The summed E-state index contributed by atoms with van der Waals surface area (Å²) < 4.78 is 0. The fourth-order valence-corrected chi connectivity index (χ4v) is 3.06. The fourth-order valence-electron chi connectivity index (χ4n) is 1.67. The molecule has 0 radical (unpaired) electrons. The van der Waals surface area contributed by atoms with Gasteiger partial charge in [-0.3, -0.25) is 4.98 Å². The van der Waals surface area contributed by atoms with E-state index < -0.39 is 0 Å². The van der Waals surface area contributed by atoms with Crippen molar-refractivity contribution in [3.8, 4) is 21.7 Å². The summed E-state index contributed by atoms with van der Waals surface area (Å²) in [7, 11) is 0. The summed E-state index contributed by atoms with van der Waals surface area (Å²) in [6, 6.07) is 10.4. The van der Waals surface area contributed by atoms with Crippen molar-refractivity contribution >= 4 is 22.7 Å². The molecule has 0 aliphatic heterocycles. The lowest BCUT2D eigenvalue weighted by molar-refractivity contribution is 1.34. The van der Waals surface area contributed by atoms with Crippen molar-refractivity contribution in [2.75, 3.05) is 0 Å². The summed E-state index contributed by atoms with van der Waals surface area (Å²) >= 11 is 3.45. The van der Waals surface area contributed by atoms with Gasteiger partial charge in [0.05, 0.1) is 5.69 Å². The summed E-state index contributed by atoms with van der Waals surface area (Å²) in [6.07, 6.45) is 1.85. The monoisotopic (exact) mass is 243 g/mol. The molecular weight excluding hydrogens is 234 g/mol. The van der Waals surface area contributed by atoms with Crippen LogP contribution in [0.3, 0.4) is 0 Å². The molecule has 0 spiro atoms. The lowest BCUT2D eigenvalue weighted by atomic mass is 10.1. The van der Waals surface area contributed by atoms with E-state index in [9.17, 15) is 0 Å². The normalized spacial score (nSPS) is 10.5. The number of nitrogens with zero attached hydrogens (tertiary/aromatic N) is 1. The van der Waals surface area contributed by atoms with Gasteiger partial charge in [-0.1, -0.05) is 6.07 Å². The highest BCUT2D eigenvalue weighted by Crippen LogP contribution is 2.33. The molecule has 0 saturated carbocycles. The van der Waals surface area contributed by atoms with E-state index in [0.717, 1.165) is 5.69 Å². The number of pyridine rings is 1. The van der Waals surface area contributed by atoms with Crippen LogP contribution in [0.2, 0.25) is 0 Å². The van der Waals surface area contributed by atoms with E-state index in [0.29, 0.717) is 0 Å². The second-order valence-corrected chi connectivity index (χ2v) is 5.12. The maximum Gasteiger partial charge on any atom is 0.0796 e. The van der Waals surface area contributed by atoms with Crippen LogP contribution in [0, 0.1) is 0 Å². The van der Waals surface area contributed by atoms with Crippen molar-refractivity contribution in [2.24, 2.45) is 0 Å². The summed E-state index contributed by atoms with van der Waals surface area (Å²) in [5, 5.41) is 6.32. The van der Waals surface area contributed by atoms with Gasteiger partial charge in [0.2, 0.25) is 0 Å². The molecule has 0 aromatic carbocycles. The second-order valence-electron chi connectivity index (χ2n) is 3.39. The minimum absolute atomic E-state index is 1.08. The predicted molar refractivity (Wildman–Crippen MR) is 70.9 cm³/mol. The first kappa shape index (κ1) is 9.75. The minimum atomic E-state index is 1.08. The Morgan fingerprint density at radius 3 is 2.75 bits per heavy atom. The fraction of sp³-hybridized carbons (Fsp3) is 0. The molecule has 0 atom stereocenters. The van der Waals surface area contributed by atoms with E-state index in [2.05, 4.69) is 45.4 Å². The highest BCUT2D eigenvalue weighted by molar-refractivity contribution is 7.13. The zero-order valence-corrected chi connectivity index (χ0v) is 10.1. The molecule has 0 aliphatic rings. The summed E-state index contributed by atoms with van der Waals surface area (Å²) in [5.41, 5.74) is 3.50. The van der Waals surface area contributed by atoms with Crippen molar-refractivity contribution < 1.29 is 0 Å². The van der Waals surface area contributed by atoms with Crippen molar-refractivity contribution in [2.45, 2.75) is 0 Å². The van der Waals surface area contributed by atoms with Gasteiger partial charge in [0.15, 0.2) is 0 Å². The maximum atomic E-state index is 4.49. The van der Waals surface area contributed by atoms with Crippen molar-refractivity contribution in [1.82, 2.24) is 4.98 Å². The molecule has 0 saturated heterocycles. The topological polar surface area (TPSA) is 12.9 Å². The van der Waals surface area contributed by atoms with Gasteiger partial charge in [0.1, 0.15) is 0 Å². The molecule has 0 bridgehead atoms. The first-order chi connectivity index (χ1) is 7.95. The van der Waals surface area contributed by atoms with E-state index in [1.807, 2.05) is 12.3 Å². The van der Waals surface area contributed by atoms with Crippen LogP contribution in [0.5, 0.6) is 0 Å². The molecule has 0 unspecified atom stereocenters. The smallest absolute Gasteiger partial charge is 0.0796 e. The third kappa shape index (κ3) is 1.68.